The summed E-state index contributed by atoms with van der Waals surface area (Å²) in [5, 5.41) is 4.97. The molecule has 0 N–H and O–H groups in total. The van der Waals surface area contributed by atoms with Crippen molar-refractivity contribution >= 4 is 91.3 Å². The molecule has 0 radical (unpaired) electrons. The molecule has 6 aromatic rings. The zero-order chi connectivity index (χ0) is 43.3. The first-order chi connectivity index (χ1) is 30.9. The lowest BCUT2D eigenvalue weighted by Gasteiger charge is -2.31. The largest absolute Gasteiger partial charge is 0.361 e. The first kappa shape index (κ1) is 42.3. The molecule has 1 aliphatic heterocycles. The van der Waals surface area contributed by atoms with Gasteiger partial charge in [0.15, 0.2) is 0 Å². The van der Waals surface area contributed by atoms with Crippen LogP contribution in [-0.4, -0.2) is 18.8 Å². The molecule has 0 fully saturated rings. The summed E-state index contributed by atoms with van der Waals surface area (Å²) < 4.78 is 1.28. The van der Waals surface area contributed by atoms with Crippen LogP contribution in [0.5, 0.6) is 0 Å². The molecule has 63 heavy (non-hydrogen) atoms. The smallest absolute Gasteiger partial charge is 0.101 e. The number of nitrogens with zero attached hydrogens (tertiary/aromatic N) is 2. The van der Waals surface area contributed by atoms with E-state index >= 15 is 0 Å². The molecule has 2 unspecified atom stereocenters. The van der Waals surface area contributed by atoms with Crippen LogP contribution in [0.2, 0.25) is 0 Å². The average Bonchev–Trinajstić information content (AvgIpc) is 3.62. The van der Waals surface area contributed by atoms with Gasteiger partial charge in [-0.05, 0) is 123 Å². The van der Waals surface area contributed by atoms with Gasteiger partial charge in [-0.15, -0.1) is 34.9 Å². The molecule has 2 atom stereocenters. The van der Waals surface area contributed by atoms with Gasteiger partial charge in [-0.1, -0.05) is 154 Å². The van der Waals surface area contributed by atoms with E-state index in [2.05, 4.69) is 219 Å². The average molecular weight is 873 g/mol. The third-order valence-electron chi connectivity index (χ3n) is 12.2. The second kappa shape index (κ2) is 19.2. The van der Waals surface area contributed by atoms with E-state index in [0.717, 1.165) is 35.5 Å². The predicted octanol–water partition coefficient (Wildman–Crippen LogP) is 15.0. The van der Waals surface area contributed by atoms with Crippen molar-refractivity contribution in [2.45, 2.75) is 37.0 Å². The molecule has 2 aliphatic carbocycles. The lowest BCUT2D eigenvalue weighted by atomic mass is 9.96. The second-order valence-electron chi connectivity index (χ2n) is 16.2. The van der Waals surface area contributed by atoms with Gasteiger partial charge in [0.2, 0.25) is 0 Å². The number of thioether (sulfide) groups is 2. The maximum absolute atomic E-state index is 4.01. The van der Waals surface area contributed by atoms with Crippen molar-refractivity contribution in [1.82, 2.24) is 0 Å². The van der Waals surface area contributed by atoms with Crippen LogP contribution in [0.25, 0.3) is 51.2 Å². The fourth-order valence-corrected chi connectivity index (χ4v) is 11.4. The summed E-state index contributed by atoms with van der Waals surface area (Å²) >= 11 is 5.65. The first-order valence-electron chi connectivity index (χ1n) is 21.7. The Morgan fingerprint density at radius 3 is 2.40 bits per heavy atom. The summed E-state index contributed by atoms with van der Waals surface area (Å²) in [6.07, 6.45) is 31.5. The van der Waals surface area contributed by atoms with E-state index in [-0.39, 0.29) is 6.04 Å². The van der Waals surface area contributed by atoms with Gasteiger partial charge in [-0.2, -0.15) is 0 Å². The number of rotatable bonds is 13. The van der Waals surface area contributed by atoms with E-state index in [9.17, 15) is 0 Å². The summed E-state index contributed by atoms with van der Waals surface area (Å²) in [6, 6.07) is 40.8. The summed E-state index contributed by atoms with van der Waals surface area (Å²) in [5.41, 5.74) is 12.5. The number of anilines is 3. The molecule has 312 valence electrons. The molecule has 5 heteroatoms. The number of allylic oxidation sites excluding steroid dienone is 8. The van der Waals surface area contributed by atoms with Crippen molar-refractivity contribution in [3.8, 4) is 11.1 Å². The number of thiophene rings is 1. The highest BCUT2D eigenvalue weighted by Crippen LogP contribution is 2.45. The molecule has 0 saturated carbocycles. The molecule has 0 bridgehead atoms. The number of fused-ring (bicyclic) bond motifs is 3. The van der Waals surface area contributed by atoms with Crippen molar-refractivity contribution < 1.29 is 0 Å². The van der Waals surface area contributed by atoms with Crippen molar-refractivity contribution in [2.75, 3.05) is 22.6 Å². The maximum atomic E-state index is 4.01. The Morgan fingerprint density at radius 2 is 1.63 bits per heavy atom. The lowest BCUT2D eigenvalue weighted by Crippen LogP contribution is -2.33. The van der Waals surface area contributed by atoms with Crippen molar-refractivity contribution in [1.29, 1.82) is 0 Å². The van der Waals surface area contributed by atoms with E-state index in [4.69, 9.17) is 0 Å². The topological polar surface area (TPSA) is 6.48 Å². The summed E-state index contributed by atoms with van der Waals surface area (Å²) in [4.78, 5) is 7.64. The Morgan fingerprint density at radius 1 is 0.857 bits per heavy atom. The van der Waals surface area contributed by atoms with E-state index in [1.165, 1.54) is 74.5 Å². The van der Waals surface area contributed by atoms with Gasteiger partial charge in [0.1, 0.15) is 5.00 Å². The Balaban J connectivity index is 1.03. The van der Waals surface area contributed by atoms with Crippen LogP contribution in [0.1, 0.15) is 42.5 Å². The lowest BCUT2D eigenvalue weighted by molar-refractivity contribution is 0.780. The Labute approximate surface area is 385 Å². The van der Waals surface area contributed by atoms with Crippen molar-refractivity contribution in [2.24, 2.45) is 5.92 Å². The third kappa shape index (κ3) is 9.24. The molecular weight excluding hydrogens is 821 g/mol. The van der Waals surface area contributed by atoms with E-state index in [0.29, 0.717) is 5.92 Å². The Bertz CT molecular complexity index is 3010. The van der Waals surface area contributed by atoms with Crippen LogP contribution < -0.4 is 20.2 Å². The van der Waals surface area contributed by atoms with Crippen LogP contribution in [0, 0.1) is 5.92 Å². The van der Waals surface area contributed by atoms with E-state index in [1.807, 2.05) is 47.0 Å². The van der Waals surface area contributed by atoms with Crippen LogP contribution in [0.3, 0.4) is 0 Å². The van der Waals surface area contributed by atoms with Crippen LogP contribution >= 0.6 is 34.9 Å². The third-order valence-corrected chi connectivity index (χ3v) is 15.1. The van der Waals surface area contributed by atoms with Gasteiger partial charge in [0.25, 0.3) is 0 Å². The summed E-state index contributed by atoms with van der Waals surface area (Å²) in [5.74, 6) is 1.37. The predicted molar refractivity (Wildman–Crippen MR) is 282 cm³/mol. The highest BCUT2D eigenvalue weighted by atomic mass is 32.2. The van der Waals surface area contributed by atoms with Gasteiger partial charge in [0, 0.05) is 61.6 Å². The van der Waals surface area contributed by atoms with Gasteiger partial charge in [-0.25, -0.2) is 0 Å². The van der Waals surface area contributed by atoms with E-state index < -0.39 is 0 Å². The van der Waals surface area contributed by atoms with E-state index in [1.54, 1.807) is 0 Å². The zero-order valence-corrected chi connectivity index (χ0v) is 38.7. The Hall–Kier alpha value is -5.98. The van der Waals surface area contributed by atoms with Gasteiger partial charge < -0.3 is 9.80 Å². The van der Waals surface area contributed by atoms with Gasteiger partial charge in [-0.3, -0.25) is 0 Å². The molecule has 0 amide bonds. The van der Waals surface area contributed by atoms with Crippen molar-refractivity contribution in [3.63, 3.8) is 0 Å². The molecule has 9 rings (SSSR count). The fourth-order valence-electron chi connectivity index (χ4n) is 8.57. The zero-order valence-electron chi connectivity index (χ0n) is 36.2. The highest BCUT2D eigenvalue weighted by molar-refractivity contribution is 8.02. The molecular formula is C58H52N2S3. The normalized spacial score (nSPS) is 16.6. The molecule has 2 nitrogen and oxygen atoms in total. The molecule has 1 aromatic heterocycles. The van der Waals surface area contributed by atoms with Gasteiger partial charge >= 0.3 is 0 Å². The molecule has 5 aromatic carbocycles. The van der Waals surface area contributed by atoms with Crippen LogP contribution in [0.15, 0.2) is 192 Å². The van der Waals surface area contributed by atoms with Gasteiger partial charge in [0.05, 0.1) is 0 Å². The molecule has 3 aliphatic rings. The molecule has 0 saturated heterocycles. The maximum Gasteiger partial charge on any atom is 0.101 e. The number of hydrogen-bond acceptors (Lipinski definition) is 5. The standard InChI is InChI=1S/C58H52N2S3/c1-6-42-23-29-50(30-24-42)59(41(4)16-14-20-44-17-9-8-15-40(44)3)38-52-34-46-27-28-47(33-49(46)39-62-52)54-37-56-48(35-57(54)61-5)36-58(63-56)60(51-31-25-43(7-2)26-32-51)55-22-13-11-19-45-18-10-12-21-53(45)55/h6-21,23-37,40-41H,1-2,22,38-39H2,3-5H3/b16-14-,44-20-. The molecule has 2 heterocycles. The monoisotopic (exact) mass is 872 g/mol. The van der Waals surface area contributed by atoms with Crippen LogP contribution in [-0.2, 0) is 5.75 Å². The summed E-state index contributed by atoms with van der Waals surface area (Å²) in [6.45, 7) is 13.4. The number of benzene rings is 5. The Kier molecular flexibility index (Phi) is 12.9. The number of hydrogen-bond donors (Lipinski definition) is 0. The second-order valence-corrected chi connectivity index (χ2v) is 19.2. The quantitative estimate of drug-likeness (QED) is 0.107. The molecule has 0 spiro atoms. The van der Waals surface area contributed by atoms with Crippen molar-refractivity contribution in [3.05, 3.63) is 220 Å². The SMILES string of the molecule is C=Cc1ccc(N(C2=c3ccccc3=CC=CC2)c2cc3cc(SC)c(-c4ccc5c(c4)CSC(CN(c4ccc(C=C)cc4)C(C)/C=C\C=C4\C=CC=CC4C)=C5)cc3s2)cc1. The minimum absolute atomic E-state index is 0.194. The summed E-state index contributed by atoms with van der Waals surface area (Å²) in [7, 11) is 0. The first-order valence-corrected chi connectivity index (χ1v) is 24.7. The van der Waals surface area contributed by atoms with Crippen LogP contribution in [0.4, 0.5) is 16.4 Å². The highest BCUT2D eigenvalue weighted by Gasteiger charge is 2.22. The minimum atomic E-state index is 0.194. The minimum Gasteiger partial charge on any atom is -0.361 e. The fraction of sp³-hybridized carbons (Fsp3) is 0.138.